The first-order chi connectivity index (χ1) is 13.2. The number of anilines is 2. The van der Waals surface area contributed by atoms with Gasteiger partial charge in [0.25, 0.3) is 0 Å². The summed E-state index contributed by atoms with van der Waals surface area (Å²) in [5, 5.41) is 10.2. The lowest BCUT2D eigenvalue weighted by Crippen LogP contribution is -1.98. The molecule has 0 aliphatic heterocycles. The SMILES string of the molecule is COc1ccc(-c2ccc(-c3ccc(C)cc3)c(Nc3cn[nH]c3)n2)cc1. The van der Waals surface area contributed by atoms with E-state index in [4.69, 9.17) is 9.72 Å². The van der Waals surface area contributed by atoms with E-state index < -0.39 is 0 Å². The number of hydrogen-bond donors (Lipinski definition) is 2. The summed E-state index contributed by atoms with van der Waals surface area (Å²) in [5.41, 5.74) is 6.16. The zero-order valence-electron chi connectivity index (χ0n) is 15.2. The van der Waals surface area contributed by atoms with Crippen LogP contribution in [-0.4, -0.2) is 22.3 Å². The molecule has 134 valence electrons. The molecule has 4 aromatic rings. The van der Waals surface area contributed by atoms with Gasteiger partial charge in [0.15, 0.2) is 0 Å². The van der Waals surface area contributed by atoms with E-state index in [-0.39, 0.29) is 0 Å². The predicted octanol–water partition coefficient (Wildman–Crippen LogP) is 5.20. The van der Waals surface area contributed by atoms with Crippen LogP contribution in [0.15, 0.2) is 73.1 Å². The Hall–Kier alpha value is -3.60. The standard InChI is InChI=1S/C22H20N4O/c1-15-3-5-16(6-4-15)20-11-12-21(17-7-9-19(27-2)10-8-17)26-22(20)25-18-13-23-24-14-18/h3-14H,1-2H3,(H,23,24)(H,25,26). The molecule has 0 aliphatic rings. The summed E-state index contributed by atoms with van der Waals surface area (Å²) in [6.45, 7) is 2.08. The number of aromatic amines is 1. The molecule has 2 aromatic carbocycles. The molecule has 0 spiro atoms. The van der Waals surface area contributed by atoms with E-state index in [1.807, 2.05) is 30.3 Å². The average molecular weight is 356 g/mol. The molecule has 5 nitrogen and oxygen atoms in total. The fraction of sp³-hybridized carbons (Fsp3) is 0.0909. The van der Waals surface area contributed by atoms with Crippen LogP contribution in [0.4, 0.5) is 11.5 Å². The van der Waals surface area contributed by atoms with Crippen LogP contribution in [0.2, 0.25) is 0 Å². The van der Waals surface area contributed by atoms with Gasteiger partial charge in [0.2, 0.25) is 0 Å². The third-order valence-electron chi connectivity index (χ3n) is 4.40. The van der Waals surface area contributed by atoms with E-state index in [2.05, 4.69) is 52.8 Å². The normalized spacial score (nSPS) is 10.6. The lowest BCUT2D eigenvalue weighted by molar-refractivity contribution is 0.415. The number of benzene rings is 2. The molecule has 2 aromatic heterocycles. The minimum atomic E-state index is 0.786. The summed E-state index contributed by atoms with van der Waals surface area (Å²) in [6, 6.07) is 20.5. The minimum absolute atomic E-state index is 0.786. The Morgan fingerprint density at radius 3 is 2.30 bits per heavy atom. The van der Waals surface area contributed by atoms with Crippen LogP contribution in [0.3, 0.4) is 0 Å². The van der Waals surface area contributed by atoms with Crippen molar-refractivity contribution in [3.8, 4) is 28.1 Å². The summed E-state index contributed by atoms with van der Waals surface area (Å²) < 4.78 is 5.24. The lowest BCUT2D eigenvalue weighted by atomic mass is 10.0. The van der Waals surface area contributed by atoms with Gasteiger partial charge < -0.3 is 10.1 Å². The van der Waals surface area contributed by atoms with Gasteiger partial charge in [0, 0.05) is 17.3 Å². The third kappa shape index (κ3) is 3.67. The number of nitrogens with one attached hydrogen (secondary N) is 2. The summed E-state index contributed by atoms with van der Waals surface area (Å²) in [6.07, 6.45) is 3.54. The Labute approximate surface area is 158 Å². The van der Waals surface area contributed by atoms with Gasteiger partial charge in [-0.15, -0.1) is 0 Å². The second-order valence-corrected chi connectivity index (χ2v) is 6.30. The smallest absolute Gasteiger partial charge is 0.139 e. The molecule has 0 unspecified atom stereocenters. The van der Waals surface area contributed by atoms with E-state index in [1.54, 1.807) is 19.5 Å². The first-order valence-corrected chi connectivity index (χ1v) is 8.71. The Kier molecular flexibility index (Phi) is 4.58. The van der Waals surface area contributed by atoms with Gasteiger partial charge in [-0.3, -0.25) is 5.10 Å². The van der Waals surface area contributed by atoms with E-state index in [9.17, 15) is 0 Å². The average Bonchev–Trinajstić information content (AvgIpc) is 3.22. The van der Waals surface area contributed by atoms with Crippen molar-refractivity contribution < 1.29 is 4.74 Å². The number of methoxy groups -OCH3 is 1. The van der Waals surface area contributed by atoms with Crippen LogP contribution in [0.1, 0.15) is 5.56 Å². The van der Waals surface area contributed by atoms with Crippen molar-refractivity contribution in [3.63, 3.8) is 0 Å². The minimum Gasteiger partial charge on any atom is -0.497 e. The van der Waals surface area contributed by atoms with Crippen molar-refractivity contribution in [2.75, 3.05) is 12.4 Å². The number of hydrogen-bond acceptors (Lipinski definition) is 4. The van der Waals surface area contributed by atoms with Crippen LogP contribution in [0, 0.1) is 6.92 Å². The molecule has 0 amide bonds. The Morgan fingerprint density at radius 1 is 0.889 bits per heavy atom. The van der Waals surface area contributed by atoms with Gasteiger partial charge in [-0.25, -0.2) is 4.98 Å². The Morgan fingerprint density at radius 2 is 1.63 bits per heavy atom. The lowest BCUT2D eigenvalue weighted by Gasteiger charge is -2.13. The Bertz CT molecular complexity index is 1020. The second-order valence-electron chi connectivity index (χ2n) is 6.30. The fourth-order valence-corrected chi connectivity index (χ4v) is 2.90. The van der Waals surface area contributed by atoms with Crippen molar-refractivity contribution in [3.05, 3.63) is 78.6 Å². The largest absolute Gasteiger partial charge is 0.497 e. The second kappa shape index (κ2) is 7.33. The molecule has 27 heavy (non-hydrogen) atoms. The Balaban J connectivity index is 1.77. The highest BCUT2D eigenvalue weighted by Crippen LogP contribution is 2.32. The van der Waals surface area contributed by atoms with Crippen LogP contribution in [-0.2, 0) is 0 Å². The molecule has 0 atom stereocenters. The van der Waals surface area contributed by atoms with Crippen molar-refractivity contribution in [1.29, 1.82) is 0 Å². The van der Waals surface area contributed by atoms with Crippen molar-refractivity contribution >= 4 is 11.5 Å². The molecule has 4 rings (SSSR count). The van der Waals surface area contributed by atoms with Gasteiger partial charge in [-0.1, -0.05) is 29.8 Å². The first kappa shape index (κ1) is 16.8. The maximum atomic E-state index is 5.24. The molecule has 0 fully saturated rings. The number of aryl methyl sites for hydroxylation is 1. The maximum absolute atomic E-state index is 5.24. The van der Waals surface area contributed by atoms with Crippen LogP contribution >= 0.6 is 0 Å². The maximum Gasteiger partial charge on any atom is 0.139 e. The summed E-state index contributed by atoms with van der Waals surface area (Å²) in [5.74, 6) is 1.61. The van der Waals surface area contributed by atoms with Gasteiger partial charge in [-0.2, -0.15) is 5.10 Å². The van der Waals surface area contributed by atoms with Crippen molar-refractivity contribution in [1.82, 2.24) is 15.2 Å². The molecule has 0 bridgehead atoms. The molecule has 0 aliphatic carbocycles. The highest BCUT2D eigenvalue weighted by molar-refractivity contribution is 5.80. The number of pyridine rings is 1. The monoisotopic (exact) mass is 356 g/mol. The van der Waals surface area contributed by atoms with Crippen LogP contribution in [0.5, 0.6) is 5.75 Å². The third-order valence-corrected chi connectivity index (χ3v) is 4.40. The number of H-pyrrole nitrogens is 1. The van der Waals surface area contributed by atoms with E-state index in [0.717, 1.165) is 39.6 Å². The molecule has 2 N–H and O–H groups in total. The van der Waals surface area contributed by atoms with E-state index in [1.165, 1.54) is 5.56 Å². The van der Waals surface area contributed by atoms with Crippen LogP contribution in [0.25, 0.3) is 22.4 Å². The van der Waals surface area contributed by atoms with Gasteiger partial charge in [0.1, 0.15) is 11.6 Å². The molecule has 0 radical (unpaired) electrons. The molecular formula is C22H20N4O. The number of rotatable bonds is 5. The van der Waals surface area contributed by atoms with Gasteiger partial charge in [0.05, 0.1) is 24.7 Å². The number of nitrogens with zero attached hydrogens (tertiary/aromatic N) is 2. The van der Waals surface area contributed by atoms with Gasteiger partial charge >= 0.3 is 0 Å². The van der Waals surface area contributed by atoms with Gasteiger partial charge in [-0.05, 0) is 48.9 Å². The summed E-state index contributed by atoms with van der Waals surface area (Å²) in [4.78, 5) is 4.88. The quantitative estimate of drug-likeness (QED) is 0.516. The molecular weight excluding hydrogens is 336 g/mol. The first-order valence-electron chi connectivity index (χ1n) is 8.71. The number of aromatic nitrogens is 3. The zero-order chi connectivity index (χ0) is 18.6. The van der Waals surface area contributed by atoms with Crippen LogP contribution < -0.4 is 10.1 Å². The molecule has 0 saturated carbocycles. The molecule has 0 saturated heterocycles. The van der Waals surface area contributed by atoms with E-state index >= 15 is 0 Å². The van der Waals surface area contributed by atoms with E-state index in [0.29, 0.717) is 0 Å². The molecule has 5 heteroatoms. The van der Waals surface area contributed by atoms with Crippen molar-refractivity contribution in [2.24, 2.45) is 0 Å². The highest BCUT2D eigenvalue weighted by Gasteiger charge is 2.11. The highest BCUT2D eigenvalue weighted by atomic mass is 16.5. The fourth-order valence-electron chi connectivity index (χ4n) is 2.90. The summed E-state index contributed by atoms with van der Waals surface area (Å²) >= 11 is 0. The summed E-state index contributed by atoms with van der Waals surface area (Å²) in [7, 11) is 1.66. The van der Waals surface area contributed by atoms with Crippen molar-refractivity contribution in [2.45, 2.75) is 6.92 Å². The zero-order valence-corrected chi connectivity index (χ0v) is 15.2. The number of ether oxygens (including phenoxy) is 1. The topological polar surface area (TPSA) is 62.8 Å². The predicted molar refractivity (Wildman–Crippen MR) is 108 cm³/mol. The molecule has 2 heterocycles.